The van der Waals surface area contributed by atoms with E-state index in [4.69, 9.17) is 8.83 Å². The molecule has 0 aliphatic carbocycles. The van der Waals surface area contributed by atoms with Gasteiger partial charge in [0.2, 0.25) is 16.7 Å². The normalized spacial score (nSPS) is 15.9. The van der Waals surface area contributed by atoms with Crippen LogP contribution >= 0.6 is 0 Å². The lowest BCUT2D eigenvalue weighted by atomic mass is 10.0. The molecule has 0 amide bonds. The zero-order chi connectivity index (χ0) is 24.3. The van der Waals surface area contributed by atoms with Crippen LogP contribution in [0.3, 0.4) is 0 Å². The van der Waals surface area contributed by atoms with Gasteiger partial charge < -0.3 is 19.1 Å². The topological polar surface area (TPSA) is 116 Å². The van der Waals surface area contributed by atoms with Crippen LogP contribution in [0, 0.1) is 18.3 Å². The third-order valence-corrected chi connectivity index (χ3v) is 7.75. The number of sulfonamides is 1. The first-order chi connectivity index (χ1) is 16.3. The van der Waals surface area contributed by atoms with Gasteiger partial charge in [-0.2, -0.15) is 14.6 Å². The number of anilines is 1. The second-order valence-electron chi connectivity index (χ2n) is 8.66. The molecule has 1 aromatic carbocycles. The summed E-state index contributed by atoms with van der Waals surface area (Å²) in [7, 11) is 0.253. The molecule has 1 fully saturated rings. The third-order valence-electron chi connectivity index (χ3n) is 5.98. The molecule has 0 saturated carbocycles. The van der Waals surface area contributed by atoms with Crippen LogP contribution in [0.5, 0.6) is 0 Å². The second kappa shape index (κ2) is 10.0. The Kier molecular flexibility index (Phi) is 7.07. The number of nitriles is 1. The van der Waals surface area contributed by atoms with Crippen molar-refractivity contribution in [2.24, 2.45) is 0 Å². The molecule has 10 heteroatoms. The van der Waals surface area contributed by atoms with Gasteiger partial charge in [0.15, 0.2) is 5.76 Å². The first-order valence-corrected chi connectivity index (χ1v) is 12.7. The minimum Gasteiger partial charge on any atom is -0.438 e. The highest BCUT2D eigenvalue weighted by Gasteiger charge is 2.30. The number of nitrogens with zero attached hydrogens (tertiary/aromatic N) is 4. The van der Waals surface area contributed by atoms with Crippen LogP contribution in [0.15, 0.2) is 50.3 Å². The second-order valence-corrected chi connectivity index (χ2v) is 10.5. The molecule has 2 aromatic heterocycles. The van der Waals surface area contributed by atoms with Gasteiger partial charge in [-0.15, -0.1) is 0 Å². The number of benzene rings is 1. The lowest BCUT2D eigenvalue weighted by Gasteiger charge is -2.25. The standard InChI is InChI=1S/C24H29N5O4S/c1-17-7-9-18(10-8-17)20(28(2)3)16-26-23-19(15-25)27-24(33-23)21-11-12-22(32-21)34(30,31)29-13-5-4-6-14-29/h7-12,20,26H,4-6,13-14,16H2,1-3H3. The maximum absolute atomic E-state index is 12.9. The summed E-state index contributed by atoms with van der Waals surface area (Å²) in [5.74, 6) is 0.423. The number of aromatic nitrogens is 1. The van der Waals surface area contributed by atoms with Gasteiger partial charge in [0.05, 0.1) is 6.04 Å². The summed E-state index contributed by atoms with van der Waals surface area (Å²) in [6, 6.07) is 13.2. The molecule has 180 valence electrons. The number of oxazole rings is 1. The van der Waals surface area contributed by atoms with E-state index in [-0.39, 0.29) is 34.4 Å². The maximum atomic E-state index is 12.9. The van der Waals surface area contributed by atoms with Gasteiger partial charge in [0, 0.05) is 19.6 Å². The van der Waals surface area contributed by atoms with Crippen LogP contribution in [0.4, 0.5) is 5.88 Å². The Morgan fingerprint density at radius 1 is 1.12 bits per heavy atom. The lowest BCUT2D eigenvalue weighted by molar-refractivity contribution is 0.310. The smallest absolute Gasteiger partial charge is 0.276 e. The average molecular weight is 484 g/mol. The van der Waals surface area contributed by atoms with E-state index in [1.165, 1.54) is 22.0 Å². The zero-order valence-electron chi connectivity index (χ0n) is 19.6. The summed E-state index contributed by atoms with van der Waals surface area (Å²) in [6.45, 7) is 3.49. The highest BCUT2D eigenvalue weighted by molar-refractivity contribution is 7.89. The highest BCUT2D eigenvalue weighted by atomic mass is 32.2. The number of rotatable bonds is 8. The number of aryl methyl sites for hydroxylation is 1. The summed E-state index contributed by atoms with van der Waals surface area (Å²) >= 11 is 0. The summed E-state index contributed by atoms with van der Waals surface area (Å²) < 4.78 is 38.6. The van der Waals surface area contributed by atoms with E-state index < -0.39 is 10.0 Å². The predicted octanol–water partition coefficient (Wildman–Crippen LogP) is 4.00. The minimum atomic E-state index is -3.71. The van der Waals surface area contributed by atoms with Crippen LogP contribution < -0.4 is 5.32 Å². The van der Waals surface area contributed by atoms with E-state index in [9.17, 15) is 13.7 Å². The Bertz CT molecular complexity index is 1270. The van der Waals surface area contributed by atoms with Crippen molar-refractivity contribution in [1.82, 2.24) is 14.2 Å². The van der Waals surface area contributed by atoms with Gasteiger partial charge in [-0.25, -0.2) is 8.42 Å². The molecule has 0 radical (unpaired) electrons. The largest absolute Gasteiger partial charge is 0.438 e. The van der Waals surface area contributed by atoms with Gasteiger partial charge in [-0.3, -0.25) is 0 Å². The highest BCUT2D eigenvalue weighted by Crippen LogP contribution is 2.31. The molecule has 4 rings (SSSR count). The predicted molar refractivity (Wildman–Crippen MR) is 128 cm³/mol. The number of nitrogens with one attached hydrogen (secondary N) is 1. The van der Waals surface area contributed by atoms with Crippen molar-refractivity contribution in [3.05, 3.63) is 53.2 Å². The van der Waals surface area contributed by atoms with Crippen LogP contribution in [-0.2, 0) is 10.0 Å². The minimum absolute atomic E-state index is 0.0330. The van der Waals surface area contributed by atoms with E-state index in [0.29, 0.717) is 19.6 Å². The van der Waals surface area contributed by atoms with Gasteiger partial charge >= 0.3 is 0 Å². The first kappa shape index (κ1) is 24.0. The van der Waals surface area contributed by atoms with E-state index in [1.807, 2.05) is 27.1 Å². The number of furan rings is 1. The van der Waals surface area contributed by atoms with Gasteiger partial charge in [0.25, 0.3) is 15.9 Å². The monoisotopic (exact) mass is 483 g/mol. The molecule has 1 unspecified atom stereocenters. The molecule has 9 nitrogen and oxygen atoms in total. The summed E-state index contributed by atoms with van der Waals surface area (Å²) in [5.41, 5.74) is 2.38. The molecule has 3 heterocycles. The Balaban J connectivity index is 1.53. The van der Waals surface area contributed by atoms with Gasteiger partial charge in [-0.05, 0) is 51.6 Å². The molecular weight excluding hydrogens is 454 g/mol. The van der Waals surface area contributed by atoms with Crippen molar-refractivity contribution in [2.45, 2.75) is 37.3 Å². The summed E-state index contributed by atoms with van der Waals surface area (Å²) in [5, 5.41) is 12.6. The molecule has 0 bridgehead atoms. The van der Waals surface area contributed by atoms with E-state index >= 15 is 0 Å². The van der Waals surface area contributed by atoms with E-state index in [2.05, 4.69) is 39.5 Å². The van der Waals surface area contributed by atoms with Crippen LogP contribution in [0.1, 0.15) is 42.1 Å². The van der Waals surface area contributed by atoms with Crippen LogP contribution in [-0.4, -0.2) is 56.3 Å². The molecule has 1 aliphatic rings. The molecule has 34 heavy (non-hydrogen) atoms. The lowest BCUT2D eigenvalue weighted by Crippen LogP contribution is -2.35. The number of hydrogen-bond acceptors (Lipinski definition) is 8. The Morgan fingerprint density at radius 2 is 1.82 bits per heavy atom. The van der Waals surface area contributed by atoms with Crippen molar-refractivity contribution in [3.8, 4) is 17.7 Å². The summed E-state index contributed by atoms with van der Waals surface area (Å²) in [4.78, 5) is 6.28. The van der Waals surface area contributed by atoms with Crippen molar-refractivity contribution >= 4 is 15.9 Å². The van der Waals surface area contributed by atoms with Crippen molar-refractivity contribution in [1.29, 1.82) is 5.26 Å². The van der Waals surface area contributed by atoms with Crippen molar-refractivity contribution in [2.75, 3.05) is 39.0 Å². The first-order valence-electron chi connectivity index (χ1n) is 11.3. The fourth-order valence-corrected chi connectivity index (χ4v) is 5.43. The van der Waals surface area contributed by atoms with Gasteiger partial charge in [0.1, 0.15) is 6.07 Å². The SMILES string of the molecule is Cc1ccc(C(CNc2oc(-c3ccc(S(=O)(=O)N4CCCCC4)o3)nc2C#N)N(C)C)cc1. The Labute approximate surface area is 200 Å². The van der Waals surface area contributed by atoms with Crippen molar-refractivity contribution < 1.29 is 17.3 Å². The molecule has 3 aromatic rings. The molecular formula is C24H29N5O4S. The Morgan fingerprint density at radius 3 is 2.47 bits per heavy atom. The number of hydrogen-bond donors (Lipinski definition) is 1. The van der Waals surface area contributed by atoms with Gasteiger partial charge in [-0.1, -0.05) is 36.2 Å². The quantitative estimate of drug-likeness (QED) is 0.511. The van der Waals surface area contributed by atoms with E-state index in [0.717, 1.165) is 24.8 Å². The number of likely N-dealkylation sites (N-methyl/N-ethyl adjacent to an activating group) is 1. The fraction of sp³-hybridized carbons (Fsp3) is 0.417. The third kappa shape index (κ3) is 5.01. The zero-order valence-corrected chi connectivity index (χ0v) is 20.4. The molecule has 1 saturated heterocycles. The molecule has 0 spiro atoms. The fourth-order valence-electron chi connectivity index (χ4n) is 4.00. The van der Waals surface area contributed by atoms with Crippen molar-refractivity contribution in [3.63, 3.8) is 0 Å². The van der Waals surface area contributed by atoms with Crippen LogP contribution in [0.2, 0.25) is 0 Å². The number of piperidine rings is 1. The average Bonchev–Trinajstić information content (AvgIpc) is 3.48. The van der Waals surface area contributed by atoms with Crippen LogP contribution in [0.25, 0.3) is 11.7 Å². The molecule has 1 N–H and O–H groups in total. The molecule has 1 atom stereocenters. The Hall–Kier alpha value is -3.13. The summed E-state index contributed by atoms with van der Waals surface area (Å²) in [6.07, 6.45) is 2.70. The van der Waals surface area contributed by atoms with E-state index in [1.54, 1.807) is 0 Å². The molecule has 1 aliphatic heterocycles. The maximum Gasteiger partial charge on any atom is 0.276 e.